The summed E-state index contributed by atoms with van der Waals surface area (Å²) in [6.07, 6.45) is -2.45. The van der Waals surface area contributed by atoms with E-state index in [0.717, 1.165) is 16.9 Å². The highest BCUT2D eigenvalue weighted by atomic mass is 16.8. The van der Waals surface area contributed by atoms with Crippen LogP contribution in [-0.4, -0.2) is 50.2 Å². The summed E-state index contributed by atoms with van der Waals surface area (Å²) in [4.78, 5) is 0. The monoisotopic (exact) mass is 506 g/mol. The first-order valence-electron chi connectivity index (χ1n) is 12.6. The second-order valence-electron chi connectivity index (χ2n) is 9.66. The Hall–Kier alpha value is -2.94. The molecule has 7 nitrogen and oxygen atoms in total. The molecule has 0 radical (unpaired) electrons. The Morgan fingerprint density at radius 2 is 1.32 bits per heavy atom. The van der Waals surface area contributed by atoms with Gasteiger partial charge in [-0.15, -0.1) is 0 Å². The fourth-order valence-electron chi connectivity index (χ4n) is 4.67. The fourth-order valence-corrected chi connectivity index (χ4v) is 4.67. The predicted octanol–water partition coefficient (Wildman–Crippen LogP) is 5.12. The van der Waals surface area contributed by atoms with Gasteiger partial charge in [-0.1, -0.05) is 60.7 Å². The molecule has 2 fully saturated rings. The molecular formula is C30H34O7. The summed E-state index contributed by atoms with van der Waals surface area (Å²) in [7, 11) is 1.63. The van der Waals surface area contributed by atoms with Gasteiger partial charge in [0.25, 0.3) is 0 Å². The van der Waals surface area contributed by atoms with E-state index in [1.165, 1.54) is 0 Å². The molecule has 5 rings (SSSR count). The van der Waals surface area contributed by atoms with Gasteiger partial charge >= 0.3 is 0 Å². The second kappa shape index (κ2) is 11.6. The number of methoxy groups -OCH3 is 1. The molecule has 2 aliphatic rings. The average Bonchev–Trinajstić information content (AvgIpc) is 3.25. The van der Waals surface area contributed by atoms with Gasteiger partial charge in [0.2, 0.25) is 6.29 Å². The molecule has 3 aromatic rings. The third-order valence-electron chi connectivity index (χ3n) is 6.42. The number of ether oxygens (including phenoxy) is 7. The SMILES string of the molecule is COc1ccc(OC2O[C@H](COCc3ccccc3)[C@@H]3OC(C)(C)O[C@@H]3[C@H]2OCc2ccccc2)cc1. The maximum atomic E-state index is 6.48. The zero-order chi connectivity index (χ0) is 25.7. The molecule has 5 atom stereocenters. The van der Waals surface area contributed by atoms with E-state index in [0.29, 0.717) is 25.6 Å². The summed E-state index contributed by atoms with van der Waals surface area (Å²) in [5.74, 6) is 0.592. The van der Waals surface area contributed by atoms with Crippen LogP contribution in [0.3, 0.4) is 0 Å². The lowest BCUT2D eigenvalue weighted by molar-refractivity contribution is -0.270. The highest BCUT2D eigenvalue weighted by molar-refractivity contribution is 5.31. The Morgan fingerprint density at radius 3 is 1.97 bits per heavy atom. The van der Waals surface area contributed by atoms with Crippen LogP contribution >= 0.6 is 0 Å². The van der Waals surface area contributed by atoms with E-state index >= 15 is 0 Å². The van der Waals surface area contributed by atoms with Gasteiger partial charge in [0.05, 0.1) is 26.9 Å². The van der Waals surface area contributed by atoms with Gasteiger partial charge in [0, 0.05) is 0 Å². The predicted molar refractivity (Wildman–Crippen MR) is 137 cm³/mol. The molecule has 2 saturated heterocycles. The van der Waals surface area contributed by atoms with Gasteiger partial charge < -0.3 is 33.2 Å². The van der Waals surface area contributed by atoms with Crippen LogP contribution in [0.2, 0.25) is 0 Å². The van der Waals surface area contributed by atoms with Crippen molar-refractivity contribution in [1.82, 2.24) is 0 Å². The van der Waals surface area contributed by atoms with Crippen molar-refractivity contribution in [3.8, 4) is 11.5 Å². The first kappa shape index (κ1) is 25.7. The molecule has 0 saturated carbocycles. The summed E-state index contributed by atoms with van der Waals surface area (Å²) in [5.41, 5.74) is 2.14. The Bertz CT molecular complexity index is 1100. The average molecular weight is 507 g/mol. The van der Waals surface area contributed by atoms with Crippen molar-refractivity contribution in [2.45, 2.75) is 63.6 Å². The van der Waals surface area contributed by atoms with Crippen LogP contribution in [0.1, 0.15) is 25.0 Å². The molecule has 0 N–H and O–H groups in total. The third kappa shape index (κ3) is 6.50. The summed E-state index contributed by atoms with van der Waals surface area (Å²) in [6.45, 7) is 4.99. The van der Waals surface area contributed by atoms with Crippen LogP contribution in [0.15, 0.2) is 84.9 Å². The van der Waals surface area contributed by atoms with Gasteiger partial charge in [-0.25, -0.2) is 0 Å². The molecule has 1 unspecified atom stereocenters. The van der Waals surface area contributed by atoms with E-state index in [1.807, 2.05) is 98.8 Å². The van der Waals surface area contributed by atoms with Crippen molar-refractivity contribution in [2.24, 2.45) is 0 Å². The van der Waals surface area contributed by atoms with Gasteiger partial charge in [0.15, 0.2) is 5.79 Å². The van der Waals surface area contributed by atoms with Crippen molar-refractivity contribution >= 4 is 0 Å². The van der Waals surface area contributed by atoms with Crippen molar-refractivity contribution in [3.05, 3.63) is 96.1 Å². The van der Waals surface area contributed by atoms with Crippen molar-refractivity contribution in [1.29, 1.82) is 0 Å². The molecule has 0 amide bonds. The van der Waals surface area contributed by atoms with E-state index in [-0.39, 0.29) is 6.10 Å². The summed E-state index contributed by atoms with van der Waals surface area (Å²) >= 11 is 0. The highest BCUT2D eigenvalue weighted by Gasteiger charge is 2.56. The van der Waals surface area contributed by atoms with E-state index < -0.39 is 30.4 Å². The number of hydrogen-bond donors (Lipinski definition) is 0. The first-order valence-corrected chi connectivity index (χ1v) is 12.6. The van der Waals surface area contributed by atoms with Crippen LogP contribution in [0.4, 0.5) is 0 Å². The Balaban J connectivity index is 1.35. The minimum absolute atomic E-state index is 0.323. The molecule has 2 heterocycles. The second-order valence-corrected chi connectivity index (χ2v) is 9.66. The van der Waals surface area contributed by atoms with Gasteiger partial charge in [0.1, 0.15) is 35.9 Å². The zero-order valence-electron chi connectivity index (χ0n) is 21.4. The zero-order valence-corrected chi connectivity index (χ0v) is 21.4. The van der Waals surface area contributed by atoms with Crippen LogP contribution in [0.5, 0.6) is 11.5 Å². The van der Waals surface area contributed by atoms with E-state index in [2.05, 4.69) is 0 Å². The van der Waals surface area contributed by atoms with Gasteiger partial charge in [-0.3, -0.25) is 0 Å². The van der Waals surface area contributed by atoms with Crippen LogP contribution in [0.25, 0.3) is 0 Å². The minimum atomic E-state index is -0.792. The normalized spacial score (nSPS) is 26.4. The molecule has 2 aliphatic heterocycles. The molecule has 3 aromatic carbocycles. The highest BCUT2D eigenvalue weighted by Crippen LogP contribution is 2.40. The largest absolute Gasteiger partial charge is 0.497 e. The number of hydrogen-bond acceptors (Lipinski definition) is 7. The lowest BCUT2D eigenvalue weighted by atomic mass is 9.99. The van der Waals surface area contributed by atoms with Crippen LogP contribution in [0, 0.1) is 0 Å². The van der Waals surface area contributed by atoms with E-state index in [4.69, 9.17) is 33.2 Å². The van der Waals surface area contributed by atoms with Gasteiger partial charge in [-0.2, -0.15) is 0 Å². The van der Waals surface area contributed by atoms with E-state index in [1.54, 1.807) is 7.11 Å². The fraction of sp³-hybridized carbons (Fsp3) is 0.400. The number of benzene rings is 3. The van der Waals surface area contributed by atoms with Crippen LogP contribution in [-0.2, 0) is 36.9 Å². The van der Waals surface area contributed by atoms with Gasteiger partial charge in [-0.05, 0) is 49.2 Å². The number of rotatable bonds is 10. The number of fused-ring (bicyclic) bond motifs is 1. The standard InChI is InChI=1S/C30H34O7/c1-30(2)36-26-25(20-32-18-21-10-6-4-7-11-21)35-29(34-24-16-14-23(31-3)15-17-24)28(27(26)37-30)33-19-22-12-8-5-9-13-22/h4-17,25-29H,18-20H2,1-3H3/t25-,26+,27+,28-,29?/m1/s1. The summed E-state index contributed by atoms with van der Waals surface area (Å²) in [6, 6.07) is 27.4. The Labute approximate surface area is 218 Å². The molecule has 0 bridgehead atoms. The molecule has 37 heavy (non-hydrogen) atoms. The molecule has 0 aromatic heterocycles. The maximum Gasteiger partial charge on any atom is 0.229 e. The minimum Gasteiger partial charge on any atom is -0.497 e. The lowest BCUT2D eigenvalue weighted by Gasteiger charge is -2.41. The molecular weight excluding hydrogens is 472 g/mol. The summed E-state index contributed by atoms with van der Waals surface area (Å²) in [5, 5.41) is 0. The van der Waals surface area contributed by atoms with Crippen molar-refractivity contribution in [3.63, 3.8) is 0 Å². The van der Waals surface area contributed by atoms with Crippen LogP contribution < -0.4 is 9.47 Å². The van der Waals surface area contributed by atoms with Crippen molar-refractivity contribution in [2.75, 3.05) is 13.7 Å². The lowest BCUT2D eigenvalue weighted by Crippen LogP contribution is -2.59. The Morgan fingerprint density at radius 1 is 0.730 bits per heavy atom. The topological polar surface area (TPSA) is 64.6 Å². The first-order chi connectivity index (χ1) is 18.0. The third-order valence-corrected chi connectivity index (χ3v) is 6.42. The smallest absolute Gasteiger partial charge is 0.229 e. The molecule has 0 spiro atoms. The molecule has 196 valence electrons. The van der Waals surface area contributed by atoms with Crippen molar-refractivity contribution < 1.29 is 33.2 Å². The molecule has 0 aliphatic carbocycles. The maximum absolute atomic E-state index is 6.48. The summed E-state index contributed by atoms with van der Waals surface area (Å²) < 4.78 is 43.2. The quantitative estimate of drug-likeness (QED) is 0.378. The Kier molecular flexibility index (Phi) is 8.08. The van der Waals surface area contributed by atoms with E-state index in [9.17, 15) is 0 Å². The molecule has 7 heteroatoms.